The Morgan fingerprint density at radius 2 is 2.00 bits per heavy atom. The lowest BCUT2D eigenvalue weighted by molar-refractivity contribution is -0.395. The summed E-state index contributed by atoms with van der Waals surface area (Å²) in [5, 5.41) is 10.1. The van der Waals surface area contributed by atoms with Crippen molar-refractivity contribution in [3.05, 3.63) is 28.2 Å². The molecular formula is C24H36N5O6S2+. The number of fused-ring (bicyclic) bond motifs is 2. The van der Waals surface area contributed by atoms with E-state index in [0.717, 1.165) is 0 Å². The van der Waals surface area contributed by atoms with Gasteiger partial charge < -0.3 is 26.4 Å². The lowest BCUT2D eigenvalue weighted by Crippen LogP contribution is -2.62. The summed E-state index contributed by atoms with van der Waals surface area (Å²) in [4.78, 5) is 67.3. The summed E-state index contributed by atoms with van der Waals surface area (Å²) in [6, 6.07) is -1.31. The first-order chi connectivity index (χ1) is 17.3. The van der Waals surface area contributed by atoms with E-state index in [0.29, 0.717) is 17.2 Å². The number of carbonyl (C=O) groups is 5. The summed E-state index contributed by atoms with van der Waals surface area (Å²) < 4.78 is 5.64. The van der Waals surface area contributed by atoms with E-state index in [2.05, 4.69) is 26.7 Å². The van der Waals surface area contributed by atoms with Gasteiger partial charge in [0.05, 0.1) is 13.0 Å². The molecule has 13 heteroatoms. The fourth-order valence-corrected chi connectivity index (χ4v) is 4.59. The zero-order valence-electron chi connectivity index (χ0n) is 21.8. The van der Waals surface area contributed by atoms with Gasteiger partial charge >= 0.3 is 5.97 Å². The number of nitrogens with one attached hydrogen (secondary N) is 3. The van der Waals surface area contributed by atoms with Crippen LogP contribution < -0.4 is 21.7 Å². The molecule has 2 bridgehead atoms. The molecule has 0 saturated carbocycles. The SMILES string of the molecule is CC(C)[C@@H]1NC(=O)C(C)(C)NC(=O)c2csc(n2)CNC(=O)C[C@@H](/C=C/CCSC(=O)[C@@H](C)[NH3+])OC1=O. The Labute approximate surface area is 224 Å². The first-order valence-corrected chi connectivity index (χ1v) is 13.9. The molecule has 6 N–H and O–H groups in total. The predicted octanol–water partition coefficient (Wildman–Crippen LogP) is 0.561. The van der Waals surface area contributed by atoms with Crippen LogP contribution >= 0.6 is 23.1 Å². The predicted molar refractivity (Wildman–Crippen MR) is 140 cm³/mol. The van der Waals surface area contributed by atoms with E-state index in [1.807, 2.05) is 0 Å². The molecule has 1 aliphatic rings. The number of thioether (sulfide) groups is 1. The Balaban J connectivity index is 2.25. The molecule has 204 valence electrons. The van der Waals surface area contributed by atoms with E-state index in [4.69, 9.17) is 4.74 Å². The fourth-order valence-electron chi connectivity index (χ4n) is 3.14. The van der Waals surface area contributed by atoms with Crippen LogP contribution in [0, 0.1) is 5.92 Å². The number of quaternary nitrogens is 1. The Hall–Kier alpha value is -2.77. The third-order valence-corrected chi connectivity index (χ3v) is 7.33. The lowest BCUT2D eigenvalue weighted by atomic mass is 9.99. The summed E-state index contributed by atoms with van der Waals surface area (Å²) in [6.07, 6.45) is 2.87. The molecule has 2 heterocycles. The molecule has 37 heavy (non-hydrogen) atoms. The molecule has 3 atom stereocenters. The average molecular weight is 555 g/mol. The average Bonchev–Trinajstić information content (AvgIpc) is 3.28. The molecule has 0 unspecified atom stereocenters. The van der Waals surface area contributed by atoms with E-state index in [1.165, 1.54) is 36.9 Å². The van der Waals surface area contributed by atoms with Gasteiger partial charge in [-0.05, 0) is 39.2 Å². The van der Waals surface area contributed by atoms with Gasteiger partial charge in [0.15, 0.2) is 6.04 Å². The minimum absolute atomic E-state index is 0.0103. The molecule has 11 nitrogen and oxygen atoms in total. The monoisotopic (exact) mass is 554 g/mol. The molecule has 1 aliphatic heterocycles. The highest BCUT2D eigenvalue weighted by Crippen LogP contribution is 2.15. The van der Waals surface area contributed by atoms with Crippen molar-refractivity contribution < 1.29 is 34.4 Å². The van der Waals surface area contributed by atoms with Crippen molar-refractivity contribution in [2.45, 2.75) is 77.7 Å². The van der Waals surface area contributed by atoms with E-state index in [9.17, 15) is 24.0 Å². The van der Waals surface area contributed by atoms with E-state index in [-0.39, 0.29) is 41.6 Å². The van der Waals surface area contributed by atoms with Gasteiger partial charge in [-0.15, -0.1) is 11.3 Å². The van der Waals surface area contributed by atoms with Crippen molar-refractivity contribution in [2.75, 3.05) is 5.75 Å². The van der Waals surface area contributed by atoms with E-state index >= 15 is 0 Å². The van der Waals surface area contributed by atoms with E-state index in [1.54, 1.807) is 38.3 Å². The second kappa shape index (κ2) is 13.7. The number of nitrogens with zero attached hydrogens (tertiary/aromatic N) is 1. The molecule has 3 amide bonds. The first-order valence-electron chi connectivity index (χ1n) is 12.0. The van der Waals surface area contributed by atoms with Crippen molar-refractivity contribution in [2.24, 2.45) is 5.92 Å². The Bertz CT molecular complexity index is 1040. The Morgan fingerprint density at radius 3 is 2.65 bits per heavy atom. The maximum atomic E-state index is 13.1. The summed E-state index contributed by atoms with van der Waals surface area (Å²) in [6.45, 7) is 8.40. The topological polar surface area (TPSA) is 171 Å². The fraction of sp³-hybridized carbons (Fsp3) is 0.583. The number of thiazole rings is 1. The number of ether oxygens (including phenoxy) is 1. The number of cyclic esters (lactones) is 1. The number of amides is 3. The van der Waals surface area contributed by atoms with Crippen molar-refractivity contribution >= 4 is 51.9 Å². The number of carbonyl (C=O) groups excluding carboxylic acids is 5. The molecule has 1 aromatic rings. The summed E-state index contributed by atoms with van der Waals surface area (Å²) in [7, 11) is 0. The molecule has 2 rings (SSSR count). The molecule has 0 fully saturated rings. The van der Waals surface area contributed by atoms with Crippen LogP contribution in [0.25, 0.3) is 0 Å². The number of esters is 1. The van der Waals surface area contributed by atoms with Crippen LogP contribution in [0.3, 0.4) is 0 Å². The van der Waals surface area contributed by atoms with Crippen LogP contribution in [0.2, 0.25) is 0 Å². The Kier molecular flexibility index (Phi) is 11.3. The first kappa shape index (κ1) is 30.5. The zero-order chi connectivity index (χ0) is 27.8. The number of hydrogen-bond donors (Lipinski definition) is 4. The van der Waals surface area contributed by atoms with Crippen LogP contribution in [0.15, 0.2) is 17.5 Å². The van der Waals surface area contributed by atoms with Crippen LogP contribution in [0.1, 0.15) is 63.0 Å². The normalized spacial score (nSPS) is 22.2. The van der Waals surface area contributed by atoms with E-state index < -0.39 is 35.5 Å². The maximum absolute atomic E-state index is 13.1. The third kappa shape index (κ3) is 9.56. The van der Waals surface area contributed by atoms with Gasteiger partial charge in [-0.1, -0.05) is 31.7 Å². The molecule has 0 radical (unpaired) electrons. The smallest absolute Gasteiger partial charge is 0.329 e. The van der Waals surface area contributed by atoms with Gasteiger partial charge in [0.25, 0.3) is 5.91 Å². The van der Waals surface area contributed by atoms with Gasteiger partial charge in [-0.3, -0.25) is 19.2 Å². The van der Waals surface area contributed by atoms with Crippen molar-refractivity contribution in [1.29, 1.82) is 0 Å². The summed E-state index contributed by atoms with van der Waals surface area (Å²) >= 11 is 2.38. The highest BCUT2D eigenvalue weighted by atomic mass is 32.2. The van der Waals surface area contributed by atoms with Crippen molar-refractivity contribution in [3.8, 4) is 0 Å². The molecular weight excluding hydrogens is 518 g/mol. The minimum atomic E-state index is -1.33. The maximum Gasteiger partial charge on any atom is 0.329 e. The highest BCUT2D eigenvalue weighted by molar-refractivity contribution is 8.13. The zero-order valence-corrected chi connectivity index (χ0v) is 23.4. The van der Waals surface area contributed by atoms with Gasteiger partial charge in [0.2, 0.25) is 16.9 Å². The standard InChI is InChI=1S/C24H35N5O6S2/c1-13(2)19-21(32)35-15(8-6-7-9-36-22(33)14(3)25)10-17(30)26-11-18-27-16(12-37-18)20(31)29-24(4,5)23(34)28-19/h6,8,12-15,19H,7,9-11,25H2,1-5H3,(H,26,30)(H,28,34)(H,29,31)/p+1/b8-6+/t14-,15-,19+/m1/s1. The van der Waals surface area contributed by atoms with Crippen LogP contribution in [0.4, 0.5) is 0 Å². The van der Waals surface area contributed by atoms with Crippen LogP contribution in [-0.4, -0.2) is 63.3 Å². The number of rotatable bonds is 6. The van der Waals surface area contributed by atoms with Gasteiger partial charge in [-0.2, -0.15) is 0 Å². The number of allylic oxidation sites excluding steroid dienone is 1. The van der Waals surface area contributed by atoms with Gasteiger partial charge in [0.1, 0.15) is 28.4 Å². The molecule has 0 saturated heterocycles. The second-order valence-corrected chi connectivity index (χ2v) is 11.7. The lowest BCUT2D eigenvalue weighted by Gasteiger charge is -2.29. The van der Waals surface area contributed by atoms with Crippen molar-refractivity contribution in [1.82, 2.24) is 20.9 Å². The van der Waals surface area contributed by atoms with Crippen LogP contribution in [-0.2, 0) is 30.5 Å². The minimum Gasteiger partial charge on any atom is -0.456 e. The second-order valence-electron chi connectivity index (χ2n) is 9.64. The molecule has 0 aliphatic carbocycles. The summed E-state index contributed by atoms with van der Waals surface area (Å²) in [5.41, 5.74) is 2.50. The number of hydrogen-bond acceptors (Lipinski definition) is 9. The van der Waals surface area contributed by atoms with Crippen molar-refractivity contribution in [3.63, 3.8) is 0 Å². The molecule has 0 spiro atoms. The van der Waals surface area contributed by atoms with Gasteiger partial charge in [-0.25, -0.2) is 9.78 Å². The third-order valence-electron chi connectivity index (χ3n) is 5.36. The molecule has 1 aromatic heterocycles. The number of aromatic nitrogens is 1. The van der Waals surface area contributed by atoms with Crippen LogP contribution in [0.5, 0.6) is 0 Å². The Morgan fingerprint density at radius 1 is 1.30 bits per heavy atom. The largest absolute Gasteiger partial charge is 0.456 e. The molecule has 0 aromatic carbocycles. The quantitative estimate of drug-likeness (QED) is 0.224. The highest BCUT2D eigenvalue weighted by Gasteiger charge is 2.36. The summed E-state index contributed by atoms with van der Waals surface area (Å²) in [5.74, 6) is -1.98. The van der Waals surface area contributed by atoms with Gasteiger partial charge in [0, 0.05) is 11.1 Å².